The van der Waals surface area contributed by atoms with Gasteiger partial charge in [0.25, 0.3) is 0 Å². The first-order valence-electron chi connectivity index (χ1n) is 10.6. The van der Waals surface area contributed by atoms with Gasteiger partial charge in [-0.15, -0.1) is 0 Å². The normalized spacial score (nSPS) is 11.1. The van der Waals surface area contributed by atoms with Crippen molar-refractivity contribution in [3.05, 3.63) is 102 Å². The molecule has 158 valence electrons. The molecule has 32 heavy (non-hydrogen) atoms. The molecule has 2 heterocycles. The summed E-state index contributed by atoms with van der Waals surface area (Å²) in [6, 6.07) is 30.1. The highest BCUT2D eigenvalue weighted by molar-refractivity contribution is 5.84. The van der Waals surface area contributed by atoms with Crippen LogP contribution in [0, 0.1) is 0 Å². The van der Waals surface area contributed by atoms with Crippen molar-refractivity contribution in [2.24, 2.45) is 0 Å². The van der Waals surface area contributed by atoms with Gasteiger partial charge >= 0.3 is 0 Å². The summed E-state index contributed by atoms with van der Waals surface area (Å²) in [7, 11) is 3.92. The van der Waals surface area contributed by atoms with E-state index in [1.165, 1.54) is 0 Å². The van der Waals surface area contributed by atoms with E-state index in [1.54, 1.807) is 0 Å². The van der Waals surface area contributed by atoms with Crippen molar-refractivity contribution in [2.45, 2.75) is 6.42 Å². The Labute approximate surface area is 187 Å². The Kier molecular flexibility index (Phi) is 5.07. The molecule has 0 fully saturated rings. The predicted molar refractivity (Wildman–Crippen MR) is 129 cm³/mol. The molecule has 0 saturated carbocycles. The summed E-state index contributed by atoms with van der Waals surface area (Å²) < 4.78 is 1.83. The molecule has 0 radical (unpaired) electrons. The molecule has 0 aliphatic heterocycles. The highest BCUT2D eigenvalue weighted by atomic mass is 16.3. The van der Waals surface area contributed by atoms with E-state index in [4.69, 9.17) is 9.97 Å². The SMILES string of the molecule is CN(C)c1c(-c2ccccc2)nc(-c2ccccc2)c2nc(Cc3ccccc3)c(O)n12. The second kappa shape index (κ2) is 8.19. The molecule has 0 aliphatic carbocycles. The lowest BCUT2D eigenvalue weighted by Crippen LogP contribution is -2.16. The van der Waals surface area contributed by atoms with Gasteiger partial charge in [-0.3, -0.25) is 0 Å². The van der Waals surface area contributed by atoms with E-state index in [1.807, 2.05) is 114 Å². The van der Waals surface area contributed by atoms with Gasteiger partial charge in [0.2, 0.25) is 5.88 Å². The van der Waals surface area contributed by atoms with Crippen molar-refractivity contribution in [2.75, 3.05) is 19.0 Å². The zero-order valence-electron chi connectivity index (χ0n) is 18.1. The summed E-state index contributed by atoms with van der Waals surface area (Å²) in [5.41, 5.74) is 5.83. The second-order valence-electron chi connectivity index (χ2n) is 7.96. The summed E-state index contributed by atoms with van der Waals surface area (Å²) in [5, 5.41) is 11.4. The molecule has 5 aromatic rings. The minimum Gasteiger partial charge on any atom is -0.493 e. The van der Waals surface area contributed by atoms with Crippen LogP contribution in [0.1, 0.15) is 11.3 Å². The summed E-state index contributed by atoms with van der Waals surface area (Å²) in [4.78, 5) is 12.0. The Bertz CT molecular complexity index is 1360. The molecule has 5 rings (SSSR count). The molecule has 3 aromatic carbocycles. The van der Waals surface area contributed by atoms with Crippen LogP contribution in [0.25, 0.3) is 28.2 Å². The Morgan fingerprint density at radius 2 is 1.25 bits per heavy atom. The average Bonchev–Trinajstić information content (AvgIpc) is 3.15. The van der Waals surface area contributed by atoms with Crippen LogP contribution >= 0.6 is 0 Å². The van der Waals surface area contributed by atoms with Crippen LogP contribution in [0.15, 0.2) is 91.0 Å². The van der Waals surface area contributed by atoms with Crippen molar-refractivity contribution in [3.63, 3.8) is 0 Å². The van der Waals surface area contributed by atoms with Crippen molar-refractivity contribution >= 4 is 11.5 Å². The third-order valence-electron chi connectivity index (χ3n) is 5.51. The Hall–Kier alpha value is -4.12. The number of fused-ring (bicyclic) bond motifs is 1. The number of anilines is 1. The van der Waals surface area contributed by atoms with Crippen molar-refractivity contribution in [1.82, 2.24) is 14.4 Å². The van der Waals surface area contributed by atoms with Gasteiger partial charge in [0.1, 0.15) is 22.9 Å². The van der Waals surface area contributed by atoms with E-state index >= 15 is 0 Å². The summed E-state index contributed by atoms with van der Waals surface area (Å²) >= 11 is 0. The number of aromatic nitrogens is 3. The number of hydrogen-bond donors (Lipinski definition) is 1. The van der Waals surface area contributed by atoms with Gasteiger partial charge in [-0.05, 0) is 5.56 Å². The zero-order chi connectivity index (χ0) is 22.1. The molecule has 0 spiro atoms. The fraction of sp³-hybridized carbons (Fsp3) is 0.111. The fourth-order valence-electron chi connectivity index (χ4n) is 4.03. The van der Waals surface area contributed by atoms with E-state index < -0.39 is 0 Å². The molecule has 2 aromatic heterocycles. The van der Waals surface area contributed by atoms with Gasteiger partial charge in [0, 0.05) is 31.6 Å². The van der Waals surface area contributed by atoms with Crippen molar-refractivity contribution in [1.29, 1.82) is 0 Å². The van der Waals surface area contributed by atoms with E-state index in [9.17, 15) is 5.11 Å². The molecule has 5 heteroatoms. The standard InChI is InChI=1S/C27H24N4O/c1-30(2)26-24(21-16-10-5-11-17-21)29-23(20-14-8-4-9-15-20)25-28-22(27(32)31(25)26)18-19-12-6-3-7-13-19/h3-17,32H,18H2,1-2H3. The van der Waals surface area contributed by atoms with E-state index in [-0.39, 0.29) is 5.88 Å². The van der Waals surface area contributed by atoms with Crippen molar-refractivity contribution < 1.29 is 5.11 Å². The Morgan fingerprint density at radius 1 is 0.719 bits per heavy atom. The molecule has 1 N–H and O–H groups in total. The van der Waals surface area contributed by atoms with Crippen LogP contribution in [0.4, 0.5) is 5.82 Å². The molecule has 0 amide bonds. The zero-order valence-corrected chi connectivity index (χ0v) is 18.1. The monoisotopic (exact) mass is 420 g/mol. The van der Waals surface area contributed by atoms with Crippen LogP contribution < -0.4 is 4.90 Å². The number of nitrogens with zero attached hydrogens (tertiary/aromatic N) is 4. The Morgan fingerprint density at radius 3 is 1.81 bits per heavy atom. The second-order valence-corrected chi connectivity index (χ2v) is 7.96. The Balaban J connectivity index is 1.84. The van der Waals surface area contributed by atoms with Gasteiger partial charge < -0.3 is 10.0 Å². The number of aromatic hydroxyl groups is 1. The van der Waals surface area contributed by atoms with Crippen LogP contribution in [-0.2, 0) is 6.42 Å². The first-order chi connectivity index (χ1) is 15.6. The van der Waals surface area contributed by atoms with Crippen LogP contribution in [0.2, 0.25) is 0 Å². The fourth-order valence-corrected chi connectivity index (χ4v) is 4.03. The third-order valence-corrected chi connectivity index (χ3v) is 5.51. The summed E-state index contributed by atoms with van der Waals surface area (Å²) in [5.74, 6) is 0.930. The maximum Gasteiger partial charge on any atom is 0.221 e. The minimum absolute atomic E-state index is 0.143. The molecule has 0 atom stereocenters. The molecule has 5 nitrogen and oxygen atoms in total. The molecule has 0 unspecified atom stereocenters. The lowest BCUT2D eigenvalue weighted by molar-refractivity contribution is 0.442. The summed E-state index contributed by atoms with van der Waals surface area (Å²) in [6.07, 6.45) is 0.538. The largest absolute Gasteiger partial charge is 0.493 e. The maximum absolute atomic E-state index is 11.4. The predicted octanol–water partition coefficient (Wildman–Crippen LogP) is 5.43. The van der Waals surface area contributed by atoms with E-state index in [0.29, 0.717) is 17.8 Å². The maximum atomic E-state index is 11.4. The molecule has 0 aliphatic rings. The van der Waals surface area contributed by atoms with Gasteiger partial charge in [0.05, 0.1) is 0 Å². The highest BCUT2D eigenvalue weighted by Gasteiger charge is 2.24. The first kappa shape index (κ1) is 19.8. The average molecular weight is 421 g/mol. The first-order valence-corrected chi connectivity index (χ1v) is 10.6. The highest BCUT2D eigenvalue weighted by Crippen LogP contribution is 2.38. The molecular formula is C27H24N4O. The van der Waals surface area contributed by atoms with Gasteiger partial charge in [-0.25, -0.2) is 14.4 Å². The molecule has 0 saturated heterocycles. The van der Waals surface area contributed by atoms with Crippen LogP contribution in [0.5, 0.6) is 5.88 Å². The lowest BCUT2D eigenvalue weighted by atomic mass is 10.1. The topological polar surface area (TPSA) is 53.7 Å². The number of hydrogen-bond acceptors (Lipinski definition) is 4. The minimum atomic E-state index is 0.143. The van der Waals surface area contributed by atoms with E-state index in [0.717, 1.165) is 33.9 Å². The van der Waals surface area contributed by atoms with Crippen LogP contribution in [-0.4, -0.2) is 33.6 Å². The van der Waals surface area contributed by atoms with Gasteiger partial charge in [0.15, 0.2) is 5.65 Å². The third kappa shape index (κ3) is 3.48. The van der Waals surface area contributed by atoms with E-state index in [2.05, 4.69) is 0 Å². The quantitative estimate of drug-likeness (QED) is 0.412. The molecular weight excluding hydrogens is 396 g/mol. The number of benzene rings is 3. The van der Waals surface area contributed by atoms with Gasteiger partial charge in [-0.1, -0.05) is 91.0 Å². The smallest absolute Gasteiger partial charge is 0.221 e. The van der Waals surface area contributed by atoms with Crippen molar-refractivity contribution in [3.8, 4) is 28.4 Å². The molecule has 0 bridgehead atoms. The van der Waals surface area contributed by atoms with Crippen LogP contribution in [0.3, 0.4) is 0 Å². The van der Waals surface area contributed by atoms with Gasteiger partial charge in [-0.2, -0.15) is 0 Å². The number of rotatable bonds is 5. The summed E-state index contributed by atoms with van der Waals surface area (Å²) in [6.45, 7) is 0. The lowest BCUT2D eigenvalue weighted by Gasteiger charge is -2.21. The number of imidazole rings is 1.